The molecule has 1 fully saturated rings. The molecule has 0 aromatic heterocycles. The summed E-state index contributed by atoms with van der Waals surface area (Å²) in [4.78, 5) is 0. The van der Waals surface area contributed by atoms with E-state index in [2.05, 4.69) is 6.92 Å². The highest BCUT2D eigenvalue weighted by Gasteiger charge is 2.18. The molecule has 0 aromatic rings. The van der Waals surface area contributed by atoms with Crippen molar-refractivity contribution in [3.05, 3.63) is 0 Å². The number of rotatable bonds is 1. The number of epoxide rings is 1. The predicted octanol–water partition coefficient (Wildman–Crippen LogP) is 2.70. The van der Waals surface area contributed by atoms with Gasteiger partial charge in [0.2, 0.25) is 0 Å². The first-order chi connectivity index (χ1) is 2.43. The van der Waals surface area contributed by atoms with Crippen LogP contribution in [0.4, 0.5) is 0 Å². The van der Waals surface area contributed by atoms with Crippen LogP contribution in [0.15, 0.2) is 0 Å². The Balaban J connectivity index is -0.0000000833. The van der Waals surface area contributed by atoms with Gasteiger partial charge in [-0.15, -0.1) is 0 Å². The van der Waals surface area contributed by atoms with Crippen molar-refractivity contribution in [2.45, 2.75) is 41.7 Å². The molecule has 1 rings (SSSR count). The van der Waals surface area contributed by atoms with Crippen LogP contribution in [-0.4, -0.2) is 12.7 Å². The topological polar surface area (TPSA) is 12.5 Å². The van der Waals surface area contributed by atoms with Gasteiger partial charge in [0.05, 0.1) is 12.7 Å². The highest BCUT2D eigenvalue weighted by molar-refractivity contribution is 4.64. The lowest BCUT2D eigenvalue weighted by molar-refractivity contribution is 0.403. The third-order valence-electron chi connectivity index (χ3n) is 0.858. The van der Waals surface area contributed by atoms with Crippen LogP contribution in [0, 0.1) is 0 Å². The van der Waals surface area contributed by atoms with E-state index in [-0.39, 0.29) is 22.3 Å². The minimum Gasteiger partial charge on any atom is -0.373 e. The Morgan fingerprint density at radius 3 is 1.75 bits per heavy atom. The zero-order valence-electron chi connectivity index (χ0n) is 3.40. The van der Waals surface area contributed by atoms with Gasteiger partial charge in [0.1, 0.15) is 0 Å². The van der Waals surface area contributed by atoms with Gasteiger partial charge in [-0.1, -0.05) is 29.2 Å². The van der Waals surface area contributed by atoms with E-state index in [1.54, 1.807) is 0 Å². The fourth-order valence-corrected chi connectivity index (χ4v) is 0.304. The van der Waals surface area contributed by atoms with Crippen LogP contribution in [0.25, 0.3) is 0 Å². The second-order valence-electron chi connectivity index (χ2n) is 1.36. The van der Waals surface area contributed by atoms with E-state index in [4.69, 9.17) is 4.74 Å². The summed E-state index contributed by atoms with van der Waals surface area (Å²) in [7, 11) is 0. The normalized spacial score (nSPS) is 21.4. The summed E-state index contributed by atoms with van der Waals surface area (Å²) in [6.07, 6.45) is 1.83. The van der Waals surface area contributed by atoms with Gasteiger partial charge in [-0.05, 0) is 6.42 Å². The molecule has 1 atom stereocenters. The first-order valence-electron chi connectivity index (χ1n) is 2.05. The molecule has 0 aromatic carbocycles. The Hall–Kier alpha value is -0.0400. The van der Waals surface area contributed by atoms with Crippen LogP contribution in [0.5, 0.6) is 0 Å². The van der Waals surface area contributed by atoms with E-state index in [0.29, 0.717) is 6.10 Å². The second kappa shape index (κ2) is 6.96. The van der Waals surface area contributed by atoms with Crippen LogP contribution < -0.4 is 0 Å². The van der Waals surface area contributed by atoms with Gasteiger partial charge < -0.3 is 4.74 Å². The van der Waals surface area contributed by atoms with Crippen molar-refractivity contribution in [3.8, 4) is 0 Å². The Morgan fingerprint density at radius 1 is 1.38 bits per heavy atom. The van der Waals surface area contributed by atoms with E-state index in [0.717, 1.165) is 6.61 Å². The van der Waals surface area contributed by atoms with Crippen molar-refractivity contribution in [1.29, 1.82) is 0 Å². The van der Waals surface area contributed by atoms with Crippen LogP contribution >= 0.6 is 0 Å². The Labute approximate surface area is 54.1 Å². The monoisotopic (exact) mass is 120 g/mol. The SMILES string of the molecule is C.C.C.CCC1CO1. The molecule has 1 aliphatic heterocycles. The fourth-order valence-electron chi connectivity index (χ4n) is 0.304. The molecule has 0 bridgehead atoms. The molecule has 1 unspecified atom stereocenters. The summed E-state index contributed by atoms with van der Waals surface area (Å²) in [6.45, 7) is 3.15. The van der Waals surface area contributed by atoms with Crippen LogP contribution in [0.3, 0.4) is 0 Å². The van der Waals surface area contributed by atoms with Gasteiger partial charge >= 0.3 is 0 Å². The maximum atomic E-state index is 4.86. The molecule has 1 aliphatic rings. The molecule has 0 spiro atoms. The fraction of sp³-hybridized carbons (Fsp3) is 1.00. The average Bonchev–Trinajstić information content (AvgIpc) is 2.12. The predicted molar refractivity (Wildman–Crippen MR) is 40.2 cm³/mol. The molecule has 1 nitrogen and oxygen atoms in total. The molecule has 1 heterocycles. The first kappa shape index (κ1) is 15.7. The molecule has 0 amide bonds. The summed E-state index contributed by atoms with van der Waals surface area (Å²) in [5, 5.41) is 0. The quantitative estimate of drug-likeness (QED) is 0.485. The van der Waals surface area contributed by atoms with Gasteiger partial charge in [0.25, 0.3) is 0 Å². The van der Waals surface area contributed by atoms with Crippen LogP contribution in [-0.2, 0) is 4.74 Å². The second-order valence-corrected chi connectivity index (χ2v) is 1.36. The summed E-state index contributed by atoms with van der Waals surface area (Å²) < 4.78 is 4.86. The first-order valence-corrected chi connectivity index (χ1v) is 2.05. The van der Waals surface area contributed by atoms with Gasteiger partial charge in [-0.2, -0.15) is 0 Å². The lowest BCUT2D eigenvalue weighted by Crippen LogP contribution is -1.73. The number of ether oxygens (including phenoxy) is 1. The standard InChI is InChI=1S/C4H8O.3CH4/c1-2-4-3-5-4;;;/h4H,2-3H2,1H3;3*1H4. The van der Waals surface area contributed by atoms with E-state index in [1.807, 2.05) is 0 Å². The van der Waals surface area contributed by atoms with Crippen molar-refractivity contribution < 1.29 is 4.74 Å². The zero-order valence-corrected chi connectivity index (χ0v) is 3.40. The van der Waals surface area contributed by atoms with Gasteiger partial charge in [-0.3, -0.25) is 0 Å². The summed E-state index contributed by atoms with van der Waals surface area (Å²) in [6, 6.07) is 0. The van der Waals surface area contributed by atoms with E-state index < -0.39 is 0 Å². The third-order valence-corrected chi connectivity index (χ3v) is 0.858. The maximum absolute atomic E-state index is 4.86. The molecule has 0 saturated carbocycles. The molecule has 1 heteroatoms. The summed E-state index contributed by atoms with van der Waals surface area (Å²) in [5.74, 6) is 0. The van der Waals surface area contributed by atoms with Crippen molar-refractivity contribution in [2.24, 2.45) is 0 Å². The van der Waals surface area contributed by atoms with E-state index in [1.165, 1.54) is 6.42 Å². The molecular weight excluding hydrogens is 100 g/mol. The Morgan fingerprint density at radius 2 is 1.75 bits per heavy atom. The smallest absolute Gasteiger partial charge is 0.0807 e. The number of hydrogen-bond donors (Lipinski definition) is 0. The van der Waals surface area contributed by atoms with Crippen LogP contribution in [0.2, 0.25) is 0 Å². The van der Waals surface area contributed by atoms with E-state index in [9.17, 15) is 0 Å². The lowest BCUT2D eigenvalue weighted by Gasteiger charge is -1.69. The third kappa shape index (κ3) is 5.96. The maximum Gasteiger partial charge on any atom is 0.0807 e. The average molecular weight is 120 g/mol. The largest absolute Gasteiger partial charge is 0.373 e. The highest BCUT2D eigenvalue weighted by atomic mass is 16.6. The van der Waals surface area contributed by atoms with Crippen molar-refractivity contribution in [1.82, 2.24) is 0 Å². The molecule has 0 N–H and O–H groups in total. The summed E-state index contributed by atoms with van der Waals surface area (Å²) >= 11 is 0. The zero-order chi connectivity index (χ0) is 3.70. The molecule has 1 saturated heterocycles. The lowest BCUT2D eigenvalue weighted by atomic mass is 10.4. The minimum absolute atomic E-state index is 0. The molecule has 0 radical (unpaired) electrons. The van der Waals surface area contributed by atoms with Crippen molar-refractivity contribution >= 4 is 0 Å². The molecule has 0 aliphatic carbocycles. The molecule has 8 heavy (non-hydrogen) atoms. The van der Waals surface area contributed by atoms with Crippen LogP contribution in [0.1, 0.15) is 35.6 Å². The minimum atomic E-state index is 0. The van der Waals surface area contributed by atoms with Gasteiger partial charge in [0, 0.05) is 0 Å². The van der Waals surface area contributed by atoms with Crippen molar-refractivity contribution in [2.75, 3.05) is 6.61 Å². The summed E-state index contributed by atoms with van der Waals surface area (Å²) in [5.41, 5.74) is 0. The number of hydrogen-bond acceptors (Lipinski definition) is 1. The Kier molecular flexibility index (Phi) is 13.6. The Bertz CT molecular complexity index is 31.4. The molecule has 54 valence electrons. The molecular formula is C7H20O. The van der Waals surface area contributed by atoms with Gasteiger partial charge in [-0.25, -0.2) is 0 Å². The highest BCUT2D eigenvalue weighted by Crippen LogP contribution is 2.10. The van der Waals surface area contributed by atoms with Crippen molar-refractivity contribution in [3.63, 3.8) is 0 Å². The van der Waals surface area contributed by atoms with E-state index >= 15 is 0 Å². The van der Waals surface area contributed by atoms with Gasteiger partial charge in [0.15, 0.2) is 0 Å².